The van der Waals surface area contributed by atoms with Crippen molar-refractivity contribution in [3.05, 3.63) is 0 Å². The minimum absolute atomic E-state index is 0.0192. The highest BCUT2D eigenvalue weighted by Gasteiger charge is 2.25. The highest BCUT2D eigenvalue weighted by molar-refractivity contribution is 5.84. The summed E-state index contributed by atoms with van der Waals surface area (Å²) in [6, 6.07) is 0.201. The quantitative estimate of drug-likeness (QED) is 0.783. The zero-order valence-corrected chi connectivity index (χ0v) is 13.9. The molecule has 0 spiro atoms. The summed E-state index contributed by atoms with van der Waals surface area (Å²) in [6.07, 6.45) is 8.62. The molecule has 0 radical (unpaired) electrons. The van der Waals surface area contributed by atoms with E-state index in [2.05, 4.69) is 5.32 Å². The highest BCUT2D eigenvalue weighted by Crippen LogP contribution is 2.28. The zero-order chi connectivity index (χ0) is 15.9. The average molecular weight is 309 g/mol. The van der Waals surface area contributed by atoms with E-state index in [1.54, 1.807) is 0 Å². The molecular weight excluding hydrogens is 278 g/mol. The van der Waals surface area contributed by atoms with Crippen LogP contribution in [0.4, 0.5) is 0 Å². The molecule has 2 rings (SSSR count). The first-order valence-corrected chi connectivity index (χ1v) is 8.86. The van der Waals surface area contributed by atoms with Crippen LogP contribution in [0.25, 0.3) is 0 Å². The number of carbonyl (C=O) groups is 2. The number of nitrogens with zero attached hydrogens (tertiary/aromatic N) is 1. The Morgan fingerprint density at radius 1 is 1.18 bits per heavy atom. The SMILES string of the molecule is CC(N)C1CCN(C(=O)CNC(=O)CCC2CCCC2)CC1. The molecule has 1 saturated heterocycles. The van der Waals surface area contributed by atoms with E-state index >= 15 is 0 Å². The number of nitrogens with one attached hydrogen (secondary N) is 1. The van der Waals surface area contributed by atoms with Crippen molar-refractivity contribution in [3.8, 4) is 0 Å². The van der Waals surface area contributed by atoms with E-state index in [1.807, 2.05) is 11.8 Å². The predicted octanol–water partition coefficient (Wildman–Crippen LogP) is 1.66. The van der Waals surface area contributed by atoms with Crippen molar-refractivity contribution >= 4 is 11.8 Å². The molecule has 126 valence electrons. The van der Waals surface area contributed by atoms with Crippen LogP contribution < -0.4 is 11.1 Å². The van der Waals surface area contributed by atoms with Gasteiger partial charge in [-0.2, -0.15) is 0 Å². The summed E-state index contributed by atoms with van der Waals surface area (Å²) >= 11 is 0. The van der Waals surface area contributed by atoms with Crippen molar-refractivity contribution in [3.63, 3.8) is 0 Å². The molecule has 3 N–H and O–H groups in total. The number of piperidine rings is 1. The van der Waals surface area contributed by atoms with Crippen molar-refractivity contribution in [2.45, 2.75) is 64.3 Å². The first kappa shape index (κ1) is 17.3. The number of hydrogen-bond acceptors (Lipinski definition) is 3. The van der Waals surface area contributed by atoms with Gasteiger partial charge in [-0.25, -0.2) is 0 Å². The predicted molar refractivity (Wildman–Crippen MR) is 87.2 cm³/mol. The van der Waals surface area contributed by atoms with Gasteiger partial charge in [0.25, 0.3) is 0 Å². The largest absolute Gasteiger partial charge is 0.347 e. The molecule has 1 saturated carbocycles. The van der Waals surface area contributed by atoms with E-state index in [9.17, 15) is 9.59 Å². The van der Waals surface area contributed by atoms with Gasteiger partial charge in [0.15, 0.2) is 0 Å². The van der Waals surface area contributed by atoms with Gasteiger partial charge < -0.3 is 16.0 Å². The van der Waals surface area contributed by atoms with Crippen molar-refractivity contribution in [2.24, 2.45) is 17.6 Å². The molecule has 0 aromatic rings. The van der Waals surface area contributed by atoms with Gasteiger partial charge in [-0.1, -0.05) is 25.7 Å². The minimum Gasteiger partial charge on any atom is -0.347 e. The molecule has 1 aliphatic heterocycles. The standard InChI is InChI=1S/C17H31N3O2/c1-13(18)15-8-10-20(11-9-15)17(22)12-19-16(21)7-6-14-4-2-3-5-14/h13-15H,2-12,18H2,1H3,(H,19,21). The average Bonchev–Trinajstić information content (AvgIpc) is 3.04. The minimum atomic E-state index is 0.0192. The third-order valence-electron chi connectivity index (χ3n) is 5.33. The fraction of sp³-hybridized carbons (Fsp3) is 0.882. The van der Waals surface area contributed by atoms with Gasteiger partial charge >= 0.3 is 0 Å². The second-order valence-corrected chi connectivity index (χ2v) is 7.04. The second kappa shape index (κ2) is 8.51. The van der Waals surface area contributed by atoms with Gasteiger partial charge in [-0.3, -0.25) is 9.59 Å². The fourth-order valence-corrected chi connectivity index (χ4v) is 3.68. The monoisotopic (exact) mass is 309 g/mol. The lowest BCUT2D eigenvalue weighted by Gasteiger charge is -2.33. The summed E-state index contributed by atoms with van der Waals surface area (Å²) in [5.74, 6) is 1.30. The topological polar surface area (TPSA) is 75.4 Å². The molecular formula is C17H31N3O2. The van der Waals surface area contributed by atoms with Crippen LogP contribution >= 0.6 is 0 Å². The van der Waals surface area contributed by atoms with Crippen LogP contribution in [0.15, 0.2) is 0 Å². The van der Waals surface area contributed by atoms with Gasteiger partial charge in [0.2, 0.25) is 11.8 Å². The van der Waals surface area contributed by atoms with E-state index in [4.69, 9.17) is 5.73 Å². The molecule has 22 heavy (non-hydrogen) atoms. The third-order valence-corrected chi connectivity index (χ3v) is 5.33. The summed E-state index contributed by atoms with van der Waals surface area (Å²) in [7, 11) is 0. The first-order chi connectivity index (χ1) is 10.6. The Bertz CT molecular complexity index is 370. The lowest BCUT2D eigenvalue weighted by Crippen LogP contribution is -2.46. The zero-order valence-electron chi connectivity index (χ0n) is 13.9. The van der Waals surface area contributed by atoms with E-state index < -0.39 is 0 Å². The molecule has 1 atom stereocenters. The van der Waals surface area contributed by atoms with Gasteiger partial charge in [0, 0.05) is 25.6 Å². The van der Waals surface area contributed by atoms with Crippen LogP contribution in [0.5, 0.6) is 0 Å². The van der Waals surface area contributed by atoms with Gasteiger partial charge in [0.1, 0.15) is 0 Å². The number of carbonyl (C=O) groups excluding carboxylic acids is 2. The maximum atomic E-state index is 12.1. The fourth-order valence-electron chi connectivity index (χ4n) is 3.68. The lowest BCUT2D eigenvalue weighted by atomic mass is 9.91. The van der Waals surface area contributed by atoms with Crippen LogP contribution in [0.3, 0.4) is 0 Å². The van der Waals surface area contributed by atoms with Crippen molar-refractivity contribution < 1.29 is 9.59 Å². The number of likely N-dealkylation sites (tertiary alicyclic amines) is 1. The Labute approximate surface area is 134 Å². The van der Waals surface area contributed by atoms with E-state index in [-0.39, 0.29) is 24.4 Å². The molecule has 0 bridgehead atoms. The molecule has 1 heterocycles. The molecule has 2 amide bonds. The summed E-state index contributed by atoms with van der Waals surface area (Å²) in [5, 5.41) is 2.78. The van der Waals surface area contributed by atoms with Gasteiger partial charge in [0.05, 0.1) is 6.54 Å². The maximum Gasteiger partial charge on any atom is 0.241 e. The Morgan fingerprint density at radius 2 is 1.82 bits per heavy atom. The smallest absolute Gasteiger partial charge is 0.241 e. The number of amides is 2. The summed E-state index contributed by atoms with van der Waals surface area (Å²) in [4.78, 5) is 25.8. The highest BCUT2D eigenvalue weighted by atomic mass is 16.2. The van der Waals surface area contributed by atoms with Crippen molar-refractivity contribution in [1.29, 1.82) is 0 Å². The van der Waals surface area contributed by atoms with Crippen LogP contribution in [-0.4, -0.2) is 42.4 Å². The van der Waals surface area contributed by atoms with Crippen LogP contribution in [0, 0.1) is 11.8 Å². The number of rotatable bonds is 6. The number of nitrogens with two attached hydrogens (primary N) is 1. The molecule has 1 aliphatic carbocycles. The van der Waals surface area contributed by atoms with E-state index in [0.29, 0.717) is 12.3 Å². The van der Waals surface area contributed by atoms with Crippen molar-refractivity contribution in [1.82, 2.24) is 10.2 Å². The second-order valence-electron chi connectivity index (χ2n) is 7.04. The maximum absolute atomic E-state index is 12.1. The van der Waals surface area contributed by atoms with Crippen LogP contribution in [0.1, 0.15) is 58.3 Å². The van der Waals surface area contributed by atoms with Gasteiger partial charge in [-0.15, -0.1) is 0 Å². The molecule has 5 nitrogen and oxygen atoms in total. The Kier molecular flexibility index (Phi) is 6.68. The Balaban J connectivity index is 1.59. The lowest BCUT2D eigenvalue weighted by molar-refractivity contribution is -0.134. The molecule has 5 heteroatoms. The Hall–Kier alpha value is -1.10. The Morgan fingerprint density at radius 3 is 2.41 bits per heavy atom. The summed E-state index contributed by atoms with van der Waals surface area (Å²) < 4.78 is 0. The van der Waals surface area contributed by atoms with Crippen LogP contribution in [-0.2, 0) is 9.59 Å². The summed E-state index contributed by atoms with van der Waals surface area (Å²) in [6.45, 7) is 3.71. The van der Waals surface area contributed by atoms with Crippen molar-refractivity contribution in [2.75, 3.05) is 19.6 Å². The molecule has 1 unspecified atom stereocenters. The van der Waals surface area contributed by atoms with E-state index in [0.717, 1.165) is 38.3 Å². The van der Waals surface area contributed by atoms with Crippen LogP contribution in [0.2, 0.25) is 0 Å². The van der Waals surface area contributed by atoms with Gasteiger partial charge in [-0.05, 0) is 38.0 Å². The normalized spacial score (nSPS) is 21.8. The van der Waals surface area contributed by atoms with E-state index in [1.165, 1.54) is 25.7 Å². The third kappa shape index (κ3) is 5.27. The molecule has 2 aliphatic rings. The molecule has 0 aromatic heterocycles. The number of hydrogen-bond donors (Lipinski definition) is 2. The molecule has 2 fully saturated rings. The first-order valence-electron chi connectivity index (χ1n) is 8.86. The summed E-state index contributed by atoms with van der Waals surface area (Å²) in [5.41, 5.74) is 5.91. The molecule has 0 aromatic carbocycles.